The van der Waals surface area contributed by atoms with E-state index in [1.165, 1.54) is 6.20 Å². The standard InChI is InChI=1S/C7H5BrF2INO/c8-6-3(11)1-12-4(2-13)5(6)7(9)10/h1,7,13H,2H2. The summed E-state index contributed by atoms with van der Waals surface area (Å²) < 4.78 is 25.9. The molecule has 0 unspecified atom stereocenters. The van der Waals surface area contributed by atoms with Crippen LogP contribution in [-0.2, 0) is 6.61 Å². The first kappa shape index (κ1) is 11.3. The van der Waals surface area contributed by atoms with Gasteiger partial charge in [-0.1, -0.05) is 0 Å². The molecule has 1 aromatic heterocycles. The van der Waals surface area contributed by atoms with E-state index in [2.05, 4.69) is 20.9 Å². The number of alkyl halides is 2. The smallest absolute Gasteiger partial charge is 0.266 e. The Morgan fingerprint density at radius 3 is 2.69 bits per heavy atom. The van der Waals surface area contributed by atoms with Gasteiger partial charge in [0, 0.05) is 14.2 Å². The molecular weight excluding hydrogens is 359 g/mol. The second-order valence-corrected chi connectivity index (χ2v) is 4.19. The van der Waals surface area contributed by atoms with Crippen molar-refractivity contribution in [2.24, 2.45) is 0 Å². The highest BCUT2D eigenvalue weighted by molar-refractivity contribution is 14.1. The summed E-state index contributed by atoms with van der Waals surface area (Å²) in [6, 6.07) is 0. The Bertz CT molecular complexity index is 322. The van der Waals surface area contributed by atoms with Crippen molar-refractivity contribution in [3.05, 3.63) is 25.5 Å². The molecule has 13 heavy (non-hydrogen) atoms. The lowest BCUT2D eigenvalue weighted by Crippen LogP contribution is -2.01. The molecule has 0 aliphatic heterocycles. The molecule has 0 bridgehead atoms. The van der Waals surface area contributed by atoms with Gasteiger partial charge in [0.2, 0.25) is 0 Å². The quantitative estimate of drug-likeness (QED) is 0.819. The van der Waals surface area contributed by atoms with Crippen LogP contribution in [0.1, 0.15) is 17.7 Å². The Kier molecular flexibility index (Phi) is 3.99. The number of rotatable bonds is 2. The highest BCUT2D eigenvalue weighted by Gasteiger charge is 2.19. The van der Waals surface area contributed by atoms with Crippen LogP contribution in [0, 0.1) is 3.57 Å². The van der Waals surface area contributed by atoms with Gasteiger partial charge in [-0.25, -0.2) is 8.78 Å². The van der Waals surface area contributed by atoms with Crippen LogP contribution in [0.4, 0.5) is 8.78 Å². The first-order valence-electron chi connectivity index (χ1n) is 3.29. The molecule has 0 aromatic carbocycles. The van der Waals surface area contributed by atoms with Gasteiger partial charge in [0.25, 0.3) is 6.43 Å². The van der Waals surface area contributed by atoms with Crippen LogP contribution in [0.3, 0.4) is 0 Å². The lowest BCUT2D eigenvalue weighted by molar-refractivity contribution is 0.145. The molecule has 6 heteroatoms. The number of hydrogen-bond acceptors (Lipinski definition) is 2. The first-order chi connectivity index (χ1) is 6.07. The van der Waals surface area contributed by atoms with Crippen molar-refractivity contribution in [1.29, 1.82) is 0 Å². The minimum absolute atomic E-state index is 0.0160. The summed E-state index contributed by atoms with van der Waals surface area (Å²) in [6.07, 6.45) is -1.19. The van der Waals surface area contributed by atoms with Gasteiger partial charge >= 0.3 is 0 Å². The van der Waals surface area contributed by atoms with Crippen molar-refractivity contribution < 1.29 is 13.9 Å². The maximum Gasteiger partial charge on any atom is 0.266 e. The van der Waals surface area contributed by atoms with Gasteiger partial charge in [0.05, 0.1) is 17.9 Å². The van der Waals surface area contributed by atoms with Crippen molar-refractivity contribution in [3.8, 4) is 0 Å². The molecule has 0 saturated carbocycles. The predicted molar refractivity (Wildman–Crippen MR) is 55.5 cm³/mol. The fourth-order valence-corrected chi connectivity index (χ4v) is 1.80. The Morgan fingerprint density at radius 1 is 1.62 bits per heavy atom. The Balaban J connectivity index is 3.32. The molecule has 0 fully saturated rings. The summed E-state index contributed by atoms with van der Waals surface area (Å²) in [6.45, 7) is -0.477. The van der Waals surface area contributed by atoms with E-state index in [9.17, 15) is 8.78 Å². The van der Waals surface area contributed by atoms with E-state index in [0.29, 0.717) is 8.04 Å². The average molecular weight is 364 g/mol. The van der Waals surface area contributed by atoms with Gasteiger partial charge in [-0.05, 0) is 38.5 Å². The van der Waals surface area contributed by atoms with E-state index >= 15 is 0 Å². The normalized spacial score (nSPS) is 10.9. The number of nitrogens with zero attached hydrogens (tertiary/aromatic N) is 1. The van der Waals surface area contributed by atoms with E-state index in [-0.39, 0.29) is 11.3 Å². The average Bonchev–Trinajstić information content (AvgIpc) is 2.08. The van der Waals surface area contributed by atoms with Crippen molar-refractivity contribution in [1.82, 2.24) is 4.98 Å². The van der Waals surface area contributed by atoms with E-state index in [4.69, 9.17) is 5.11 Å². The third-order valence-corrected chi connectivity index (χ3v) is 3.87. The summed E-state index contributed by atoms with van der Waals surface area (Å²) in [5, 5.41) is 8.76. The van der Waals surface area contributed by atoms with Crippen molar-refractivity contribution in [2.75, 3.05) is 0 Å². The Hall–Kier alpha value is 0.180. The lowest BCUT2D eigenvalue weighted by Gasteiger charge is -2.08. The zero-order valence-electron chi connectivity index (χ0n) is 6.27. The van der Waals surface area contributed by atoms with Gasteiger partial charge in [0.15, 0.2) is 0 Å². The van der Waals surface area contributed by atoms with Crippen LogP contribution in [-0.4, -0.2) is 10.1 Å². The monoisotopic (exact) mass is 363 g/mol. The van der Waals surface area contributed by atoms with Crippen LogP contribution in [0.2, 0.25) is 0 Å². The number of hydrogen-bond donors (Lipinski definition) is 1. The molecule has 0 aliphatic carbocycles. The fourth-order valence-electron chi connectivity index (χ4n) is 0.864. The highest BCUT2D eigenvalue weighted by Crippen LogP contribution is 2.32. The Labute approximate surface area is 95.6 Å². The van der Waals surface area contributed by atoms with Gasteiger partial charge in [-0.15, -0.1) is 0 Å². The molecule has 0 atom stereocenters. The Morgan fingerprint density at radius 2 is 2.23 bits per heavy atom. The number of aromatic nitrogens is 1. The van der Waals surface area contributed by atoms with Gasteiger partial charge in [-0.2, -0.15) is 0 Å². The third kappa shape index (κ3) is 2.35. The molecule has 1 aromatic rings. The maximum atomic E-state index is 12.5. The first-order valence-corrected chi connectivity index (χ1v) is 5.17. The summed E-state index contributed by atoms with van der Waals surface area (Å²) in [5.74, 6) is 0. The second kappa shape index (κ2) is 4.61. The molecule has 1 heterocycles. The molecular formula is C7H5BrF2INO. The minimum atomic E-state index is -2.63. The van der Waals surface area contributed by atoms with Crippen LogP contribution in [0.5, 0.6) is 0 Å². The molecule has 0 spiro atoms. The predicted octanol–water partition coefficient (Wildman–Crippen LogP) is 2.88. The fraction of sp³-hybridized carbons (Fsp3) is 0.286. The number of aliphatic hydroxyl groups excluding tert-OH is 1. The maximum absolute atomic E-state index is 12.5. The van der Waals surface area contributed by atoms with Crippen molar-refractivity contribution in [2.45, 2.75) is 13.0 Å². The number of halogens is 4. The summed E-state index contributed by atoms with van der Waals surface area (Å²) in [7, 11) is 0. The highest BCUT2D eigenvalue weighted by atomic mass is 127. The lowest BCUT2D eigenvalue weighted by atomic mass is 10.2. The second-order valence-electron chi connectivity index (χ2n) is 2.24. The van der Waals surface area contributed by atoms with Crippen molar-refractivity contribution >= 4 is 38.5 Å². The van der Waals surface area contributed by atoms with E-state index in [1.807, 2.05) is 22.6 Å². The largest absolute Gasteiger partial charge is 0.390 e. The van der Waals surface area contributed by atoms with Crippen molar-refractivity contribution in [3.63, 3.8) is 0 Å². The SMILES string of the molecule is OCc1ncc(I)c(Br)c1C(F)F. The molecule has 0 aliphatic rings. The number of pyridine rings is 1. The van der Waals surface area contributed by atoms with E-state index < -0.39 is 13.0 Å². The molecule has 0 saturated heterocycles. The van der Waals surface area contributed by atoms with Crippen LogP contribution < -0.4 is 0 Å². The molecule has 1 N–H and O–H groups in total. The summed E-state index contributed by atoms with van der Waals surface area (Å²) >= 11 is 4.93. The third-order valence-electron chi connectivity index (χ3n) is 1.46. The molecule has 72 valence electrons. The minimum Gasteiger partial charge on any atom is -0.390 e. The molecule has 2 nitrogen and oxygen atoms in total. The summed E-state index contributed by atoms with van der Waals surface area (Å²) in [4.78, 5) is 3.71. The molecule has 0 radical (unpaired) electrons. The van der Waals surface area contributed by atoms with Gasteiger partial charge < -0.3 is 5.11 Å². The van der Waals surface area contributed by atoms with Gasteiger partial charge in [-0.3, -0.25) is 4.98 Å². The van der Waals surface area contributed by atoms with Gasteiger partial charge in [0.1, 0.15) is 0 Å². The summed E-state index contributed by atoms with van der Waals surface area (Å²) in [5.41, 5.74) is -0.211. The number of aliphatic hydroxyl groups is 1. The zero-order valence-corrected chi connectivity index (χ0v) is 10.0. The molecule has 1 rings (SSSR count). The van der Waals surface area contributed by atoms with Crippen LogP contribution >= 0.6 is 38.5 Å². The zero-order chi connectivity index (χ0) is 10.0. The molecule has 0 amide bonds. The van der Waals surface area contributed by atoms with E-state index in [1.54, 1.807) is 0 Å². The van der Waals surface area contributed by atoms with Crippen LogP contribution in [0.25, 0.3) is 0 Å². The topological polar surface area (TPSA) is 33.1 Å². The van der Waals surface area contributed by atoms with E-state index in [0.717, 1.165) is 0 Å². The van der Waals surface area contributed by atoms with Crippen LogP contribution in [0.15, 0.2) is 10.7 Å².